The molecule has 3 aliphatic heterocycles. The highest BCUT2D eigenvalue weighted by molar-refractivity contribution is 6.04. The highest BCUT2D eigenvalue weighted by Crippen LogP contribution is 2.48. The minimum Gasteiger partial charge on any atom is -0.508 e. The van der Waals surface area contributed by atoms with Gasteiger partial charge in [0.2, 0.25) is 5.88 Å². The van der Waals surface area contributed by atoms with E-state index in [1.165, 1.54) is 37.8 Å². The molecule has 1 saturated carbocycles. The van der Waals surface area contributed by atoms with Crippen LogP contribution in [-0.2, 0) is 0 Å². The fraction of sp³-hybridized carbons (Fsp3) is 0.472. The minimum absolute atomic E-state index is 0.0221. The number of pyridine rings is 1. The van der Waals surface area contributed by atoms with E-state index in [2.05, 4.69) is 37.9 Å². The molecule has 2 aromatic heterocycles. The van der Waals surface area contributed by atoms with Crippen molar-refractivity contribution in [1.29, 1.82) is 0 Å². The van der Waals surface area contributed by atoms with Crippen molar-refractivity contribution in [2.45, 2.75) is 51.1 Å². The normalized spacial score (nSPS) is 23.4. The Kier molecular flexibility index (Phi) is 7.33. The quantitative estimate of drug-likeness (QED) is 0.250. The molecule has 3 atom stereocenters. The van der Waals surface area contributed by atoms with Crippen LogP contribution in [-0.4, -0.2) is 83.5 Å². The molecule has 8 rings (SSSR count). The molecule has 3 unspecified atom stereocenters. The minimum atomic E-state index is -0.765. The maximum absolute atomic E-state index is 17.0. The number of terminal acetylenes is 1. The number of halogens is 2. The molecule has 2 N–H and O–H groups in total. The second kappa shape index (κ2) is 11.5. The second-order valence-electron chi connectivity index (χ2n) is 14.0. The molecule has 5 heterocycles. The van der Waals surface area contributed by atoms with Gasteiger partial charge in [0.1, 0.15) is 34.0 Å². The highest BCUT2D eigenvalue weighted by Gasteiger charge is 2.46. The van der Waals surface area contributed by atoms with Crippen molar-refractivity contribution >= 4 is 27.5 Å². The van der Waals surface area contributed by atoms with Gasteiger partial charge < -0.3 is 29.7 Å². The summed E-state index contributed by atoms with van der Waals surface area (Å²) in [4.78, 5) is 18.8. The number of rotatable bonds is 8. The van der Waals surface area contributed by atoms with Crippen molar-refractivity contribution in [3.8, 4) is 41.2 Å². The Morgan fingerprint density at radius 3 is 2.53 bits per heavy atom. The van der Waals surface area contributed by atoms with Crippen LogP contribution >= 0.6 is 0 Å². The van der Waals surface area contributed by atoms with Crippen molar-refractivity contribution in [2.75, 3.05) is 51.3 Å². The number of hydrogen-bond donors (Lipinski definition) is 2. The first-order chi connectivity index (χ1) is 22.7. The summed E-state index contributed by atoms with van der Waals surface area (Å²) in [5, 5.41) is 15.3. The van der Waals surface area contributed by atoms with E-state index in [0.29, 0.717) is 54.3 Å². The zero-order valence-electron chi connectivity index (χ0n) is 26.7. The number of nitrogens with zero attached hydrogens (tertiary/aromatic N) is 5. The molecule has 2 bridgehead atoms. The third-order valence-electron chi connectivity index (χ3n) is 10.4. The van der Waals surface area contributed by atoms with Gasteiger partial charge in [-0.1, -0.05) is 18.9 Å². The van der Waals surface area contributed by atoms with Crippen LogP contribution in [0.1, 0.15) is 44.6 Å². The lowest BCUT2D eigenvalue weighted by Crippen LogP contribution is -2.51. The SMILES string of the molecule is C#Cc1c(F)ccc2cc(O)cc(-c3nc(OC)c4c(N5CC6CCC(C5)N6)nc(OCC5(CN6CCC(C)C6)CC5)nc4c3F)c12. The lowest BCUT2D eigenvalue weighted by atomic mass is 9.95. The van der Waals surface area contributed by atoms with E-state index in [1.54, 1.807) is 0 Å². The van der Waals surface area contributed by atoms with Gasteiger partial charge in [0, 0.05) is 54.6 Å². The molecular weight excluding hydrogens is 602 g/mol. The molecule has 2 aromatic carbocycles. The number of anilines is 1. The highest BCUT2D eigenvalue weighted by atomic mass is 19.1. The monoisotopic (exact) mass is 640 g/mol. The van der Waals surface area contributed by atoms with E-state index in [0.717, 1.165) is 45.3 Å². The van der Waals surface area contributed by atoms with Crippen LogP contribution in [0.3, 0.4) is 0 Å². The van der Waals surface area contributed by atoms with Crippen molar-refractivity contribution < 1.29 is 23.4 Å². The number of aromatic hydroxyl groups is 1. The Hall–Kier alpha value is -4.27. The molecule has 1 aliphatic carbocycles. The summed E-state index contributed by atoms with van der Waals surface area (Å²) in [6.45, 7) is 7.27. The van der Waals surface area contributed by atoms with E-state index >= 15 is 4.39 Å². The van der Waals surface area contributed by atoms with Gasteiger partial charge in [-0.3, -0.25) is 0 Å². The molecule has 4 fully saturated rings. The average Bonchev–Trinajstić information content (AvgIpc) is 3.58. The summed E-state index contributed by atoms with van der Waals surface area (Å²) < 4.78 is 44.1. The van der Waals surface area contributed by atoms with Crippen LogP contribution in [0.5, 0.6) is 17.6 Å². The Morgan fingerprint density at radius 2 is 1.85 bits per heavy atom. The van der Waals surface area contributed by atoms with Crippen LogP contribution in [0.2, 0.25) is 0 Å². The first-order valence-electron chi connectivity index (χ1n) is 16.5. The summed E-state index contributed by atoms with van der Waals surface area (Å²) in [6.07, 6.45) is 11.2. The van der Waals surface area contributed by atoms with E-state index in [-0.39, 0.29) is 50.8 Å². The third kappa shape index (κ3) is 5.37. The lowest BCUT2D eigenvalue weighted by Gasteiger charge is -2.34. The second-order valence-corrected chi connectivity index (χ2v) is 14.0. The van der Waals surface area contributed by atoms with Gasteiger partial charge in [0.15, 0.2) is 5.82 Å². The fourth-order valence-electron chi connectivity index (χ4n) is 7.83. The van der Waals surface area contributed by atoms with E-state index in [1.807, 2.05) is 0 Å². The maximum atomic E-state index is 17.0. The van der Waals surface area contributed by atoms with Crippen molar-refractivity contribution in [2.24, 2.45) is 11.3 Å². The van der Waals surface area contributed by atoms with Gasteiger partial charge in [-0.2, -0.15) is 9.97 Å². The van der Waals surface area contributed by atoms with Gasteiger partial charge in [0.05, 0.1) is 19.3 Å². The maximum Gasteiger partial charge on any atom is 0.319 e. The summed E-state index contributed by atoms with van der Waals surface area (Å²) >= 11 is 0. The third-order valence-corrected chi connectivity index (χ3v) is 10.4. The van der Waals surface area contributed by atoms with E-state index in [4.69, 9.17) is 20.9 Å². The molecule has 9 nitrogen and oxygen atoms in total. The van der Waals surface area contributed by atoms with Crippen molar-refractivity contribution in [1.82, 2.24) is 25.2 Å². The number of fused-ring (bicyclic) bond motifs is 4. The zero-order valence-corrected chi connectivity index (χ0v) is 26.7. The van der Waals surface area contributed by atoms with Gasteiger partial charge in [-0.05, 0) is 68.2 Å². The number of phenolic OH excluding ortho intramolecular Hbond substituents is 1. The summed E-state index contributed by atoms with van der Waals surface area (Å²) in [5.41, 5.74) is -0.0819. The predicted molar refractivity (Wildman–Crippen MR) is 176 cm³/mol. The molecule has 4 aromatic rings. The molecule has 0 amide bonds. The van der Waals surface area contributed by atoms with Crippen LogP contribution in [0.15, 0.2) is 24.3 Å². The molecule has 4 aliphatic rings. The van der Waals surface area contributed by atoms with Crippen molar-refractivity contribution in [3.63, 3.8) is 0 Å². The standard InChI is InChI=1S/C36H38F2N6O3/c1-4-25-27(37)8-5-21-13-24(45)14-26(28(21)25)31-30(38)32-29(34(40-31)46-3)33(44-16-22-6-7-23(17-44)39-22)42-35(41-32)47-19-36(10-11-36)18-43-12-9-20(2)15-43/h1,5,8,13-14,20,22-23,39,45H,6-7,9-12,15-19H2,2-3H3. The fourth-order valence-corrected chi connectivity index (χ4v) is 7.83. The van der Waals surface area contributed by atoms with Crippen molar-refractivity contribution in [3.05, 3.63) is 41.5 Å². The number of phenols is 1. The van der Waals surface area contributed by atoms with Crippen LogP contribution in [0, 0.1) is 35.3 Å². The largest absolute Gasteiger partial charge is 0.508 e. The lowest BCUT2D eigenvalue weighted by molar-refractivity contribution is 0.168. The van der Waals surface area contributed by atoms with Crippen LogP contribution in [0.4, 0.5) is 14.6 Å². The molecule has 0 radical (unpaired) electrons. The van der Waals surface area contributed by atoms with Gasteiger partial charge in [0.25, 0.3) is 0 Å². The number of likely N-dealkylation sites (tertiary alicyclic amines) is 1. The van der Waals surface area contributed by atoms with Gasteiger partial charge in [-0.25, -0.2) is 13.8 Å². The Labute approximate surface area is 272 Å². The number of ether oxygens (including phenoxy) is 2. The van der Waals surface area contributed by atoms with Crippen LogP contribution < -0.4 is 19.7 Å². The summed E-state index contributed by atoms with van der Waals surface area (Å²) in [6, 6.07) is 6.19. The van der Waals surface area contributed by atoms with E-state index < -0.39 is 11.6 Å². The number of hydrogen-bond acceptors (Lipinski definition) is 9. The molecular formula is C36H38F2N6O3. The Balaban J connectivity index is 1.27. The first kappa shape index (κ1) is 30.1. The Morgan fingerprint density at radius 1 is 1.06 bits per heavy atom. The number of piperazine rings is 1. The number of benzene rings is 2. The molecule has 47 heavy (non-hydrogen) atoms. The zero-order chi connectivity index (χ0) is 32.4. The molecule has 3 saturated heterocycles. The first-order valence-corrected chi connectivity index (χ1v) is 16.5. The number of methoxy groups -OCH3 is 1. The van der Waals surface area contributed by atoms with Crippen LogP contribution in [0.25, 0.3) is 32.9 Å². The predicted octanol–water partition coefficient (Wildman–Crippen LogP) is 5.26. The average molecular weight is 641 g/mol. The molecule has 0 spiro atoms. The topological polar surface area (TPSA) is 95.9 Å². The Bertz CT molecular complexity index is 1930. The number of nitrogens with one attached hydrogen (secondary N) is 1. The number of aromatic nitrogens is 3. The van der Waals surface area contributed by atoms with E-state index in [9.17, 15) is 9.50 Å². The van der Waals surface area contributed by atoms with Gasteiger partial charge in [-0.15, -0.1) is 6.42 Å². The van der Waals surface area contributed by atoms with Gasteiger partial charge >= 0.3 is 6.01 Å². The summed E-state index contributed by atoms with van der Waals surface area (Å²) in [5.74, 6) is 2.17. The molecule has 244 valence electrons. The summed E-state index contributed by atoms with van der Waals surface area (Å²) in [7, 11) is 1.46. The molecule has 11 heteroatoms. The smallest absolute Gasteiger partial charge is 0.319 e.